The van der Waals surface area contributed by atoms with Crippen LogP contribution in [0.25, 0.3) is 11.1 Å². The molecule has 1 unspecified atom stereocenters. The van der Waals surface area contributed by atoms with Crippen LogP contribution >= 0.6 is 0 Å². The van der Waals surface area contributed by atoms with Crippen LogP contribution in [0.1, 0.15) is 60.2 Å². The monoisotopic (exact) mass is 739 g/mol. The molecule has 9 nitrogen and oxygen atoms in total. The summed E-state index contributed by atoms with van der Waals surface area (Å²) in [6, 6.07) is 6.12. The summed E-state index contributed by atoms with van der Waals surface area (Å²) in [5.41, 5.74) is -1.40. The van der Waals surface area contributed by atoms with Gasteiger partial charge in [0, 0.05) is 28.3 Å². The van der Waals surface area contributed by atoms with Crippen LogP contribution in [0.3, 0.4) is 0 Å². The molecular formula is C36H36F7N3O6. The zero-order chi connectivity index (χ0) is 38.7. The van der Waals surface area contributed by atoms with Gasteiger partial charge in [-0.25, -0.2) is 22.6 Å². The number of allylic oxidation sites excluding steroid dienone is 1. The van der Waals surface area contributed by atoms with Crippen molar-refractivity contribution in [1.29, 1.82) is 0 Å². The summed E-state index contributed by atoms with van der Waals surface area (Å²) < 4.78 is 106. The van der Waals surface area contributed by atoms with E-state index in [1.807, 2.05) is 0 Å². The van der Waals surface area contributed by atoms with Crippen LogP contribution in [0, 0.1) is 25.5 Å². The van der Waals surface area contributed by atoms with E-state index in [9.17, 15) is 46.5 Å². The van der Waals surface area contributed by atoms with Crippen molar-refractivity contribution in [3.05, 3.63) is 99.6 Å². The Labute approximate surface area is 294 Å². The van der Waals surface area contributed by atoms with Crippen molar-refractivity contribution < 1.29 is 60.1 Å². The fraction of sp³-hybridized carbons (Fsp3) is 0.361. The maximum absolute atomic E-state index is 16.0. The Morgan fingerprint density at radius 2 is 1.71 bits per heavy atom. The topological polar surface area (TPSA) is 119 Å². The van der Waals surface area contributed by atoms with Gasteiger partial charge in [0.15, 0.2) is 6.04 Å². The highest BCUT2D eigenvalue weighted by molar-refractivity contribution is 5.94. The number of phenols is 1. The lowest BCUT2D eigenvalue weighted by Crippen LogP contribution is -2.66. The number of aryl methyl sites for hydroxylation is 2. The number of aromatic hydroxyl groups is 1. The van der Waals surface area contributed by atoms with Gasteiger partial charge < -0.3 is 20.3 Å². The predicted molar refractivity (Wildman–Crippen MR) is 173 cm³/mol. The number of carbonyl (C=O) groups excluding carboxylic acids is 3. The summed E-state index contributed by atoms with van der Waals surface area (Å²) in [6.45, 7) is 1.71. The number of hydrogen-bond acceptors (Lipinski definition) is 7. The molecule has 3 N–H and O–H groups in total. The highest BCUT2D eigenvalue weighted by atomic mass is 19.4. The smallest absolute Gasteiger partial charge is 0.412 e. The Kier molecular flexibility index (Phi) is 12.1. The first-order valence-corrected chi connectivity index (χ1v) is 15.9. The molecular weight excluding hydrogens is 703 g/mol. The molecule has 280 valence electrons. The lowest BCUT2D eigenvalue weighted by Gasteiger charge is -2.47. The number of amides is 2. The third-order valence-corrected chi connectivity index (χ3v) is 8.37. The van der Waals surface area contributed by atoms with Crippen LogP contribution in [0.15, 0.2) is 60.2 Å². The molecule has 1 aliphatic rings. The van der Waals surface area contributed by atoms with Gasteiger partial charge in [0.25, 0.3) is 11.8 Å². The number of hydrazine groups is 1. The van der Waals surface area contributed by atoms with Crippen molar-refractivity contribution in [3.8, 4) is 16.9 Å². The van der Waals surface area contributed by atoms with Crippen molar-refractivity contribution >= 4 is 17.8 Å². The molecule has 16 heteroatoms. The van der Waals surface area contributed by atoms with E-state index in [0.717, 1.165) is 18.2 Å². The molecule has 0 aliphatic carbocycles. The van der Waals surface area contributed by atoms with Gasteiger partial charge in [0.05, 0.1) is 38.8 Å². The highest BCUT2D eigenvalue weighted by Crippen LogP contribution is 2.39. The van der Waals surface area contributed by atoms with E-state index in [2.05, 4.69) is 5.32 Å². The van der Waals surface area contributed by atoms with E-state index >= 15 is 8.78 Å². The summed E-state index contributed by atoms with van der Waals surface area (Å²) in [6.07, 6.45) is -5.74. The van der Waals surface area contributed by atoms with Gasteiger partial charge in [-0.3, -0.25) is 19.4 Å². The average Bonchev–Trinajstić information content (AvgIpc) is 3.03. The second-order valence-corrected chi connectivity index (χ2v) is 12.3. The zero-order valence-electron chi connectivity index (χ0n) is 28.5. The number of aliphatic hydroxyl groups is 1. The van der Waals surface area contributed by atoms with Gasteiger partial charge in [0.1, 0.15) is 17.4 Å². The molecule has 3 aromatic carbocycles. The normalized spacial score (nSPS) is 15.7. The summed E-state index contributed by atoms with van der Waals surface area (Å²) in [5, 5.41) is 23.6. The first kappa shape index (κ1) is 39.8. The second-order valence-electron chi connectivity index (χ2n) is 12.3. The minimum Gasteiger partial charge on any atom is -0.507 e. The Balaban J connectivity index is 1.93. The number of ether oxygens (including phenoxy) is 1. The van der Waals surface area contributed by atoms with Crippen LogP contribution in [0.5, 0.6) is 5.75 Å². The maximum Gasteiger partial charge on any atom is 0.412 e. The van der Waals surface area contributed by atoms with E-state index in [1.165, 1.54) is 32.0 Å². The number of halogens is 7. The molecule has 2 atom stereocenters. The Morgan fingerprint density at radius 1 is 1.04 bits per heavy atom. The number of nitrogens with zero attached hydrogens (tertiary/aromatic N) is 2. The first-order chi connectivity index (χ1) is 24.3. The van der Waals surface area contributed by atoms with Crippen LogP contribution in [-0.2, 0) is 25.7 Å². The third kappa shape index (κ3) is 8.91. The lowest BCUT2D eigenvalue weighted by molar-refractivity contribution is -0.224. The molecule has 3 aromatic rings. The Bertz CT molecular complexity index is 1850. The van der Waals surface area contributed by atoms with Crippen LogP contribution < -0.4 is 5.32 Å². The third-order valence-electron chi connectivity index (χ3n) is 8.37. The summed E-state index contributed by atoms with van der Waals surface area (Å²) in [5.74, 6) is -9.73. The molecule has 0 spiro atoms. The highest BCUT2D eigenvalue weighted by Gasteiger charge is 2.51. The summed E-state index contributed by atoms with van der Waals surface area (Å²) in [7, 11) is 0. The van der Waals surface area contributed by atoms with Crippen molar-refractivity contribution in [2.45, 2.75) is 64.9 Å². The lowest BCUT2D eigenvalue weighted by atomic mass is 9.92. The van der Waals surface area contributed by atoms with Crippen molar-refractivity contribution in [2.24, 2.45) is 0 Å². The first-order valence-electron chi connectivity index (χ1n) is 15.9. The van der Waals surface area contributed by atoms with E-state index in [1.54, 1.807) is 19.1 Å². The Morgan fingerprint density at radius 3 is 2.29 bits per heavy atom. The van der Waals surface area contributed by atoms with Crippen molar-refractivity contribution in [3.63, 3.8) is 0 Å². The number of benzene rings is 3. The number of phenolic OH excluding ortho intramolecular Hbond substituents is 1. The molecule has 1 fully saturated rings. The van der Waals surface area contributed by atoms with Crippen LogP contribution in [0.4, 0.5) is 30.7 Å². The fourth-order valence-corrected chi connectivity index (χ4v) is 5.79. The second kappa shape index (κ2) is 15.7. The minimum absolute atomic E-state index is 0.00359. The number of alkyl halides is 5. The zero-order valence-corrected chi connectivity index (χ0v) is 28.5. The molecule has 2 amide bonds. The van der Waals surface area contributed by atoms with E-state index < -0.39 is 90.9 Å². The molecule has 0 bridgehead atoms. The van der Waals surface area contributed by atoms with Crippen LogP contribution in [-0.4, -0.2) is 69.8 Å². The molecule has 52 heavy (non-hydrogen) atoms. The SMILES string of the molecule is CCOC(=O)C[C@H](NC(=O)C(c1cc(CO)ccc1F)N(C(=O)/C=C(\C)C(F)(F)F)N1CC(F)(F)C1)c1cc(-c2c(C)cccc2O)cc(C)c1F. The van der Waals surface area contributed by atoms with Crippen LogP contribution in [0.2, 0.25) is 0 Å². The molecule has 1 aliphatic heterocycles. The van der Waals surface area contributed by atoms with Gasteiger partial charge in [-0.15, -0.1) is 0 Å². The Hall–Kier alpha value is -4.96. The number of rotatable bonds is 12. The van der Waals surface area contributed by atoms with E-state index in [0.29, 0.717) is 17.5 Å². The predicted octanol–water partition coefficient (Wildman–Crippen LogP) is 6.50. The van der Waals surface area contributed by atoms with Gasteiger partial charge in [-0.05, 0) is 80.3 Å². The fourth-order valence-electron chi connectivity index (χ4n) is 5.79. The number of carbonyl (C=O) groups is 3. The van der Waals surface area contributed by atoms with Gasteiger partial charge >= 0.3 is 12.1 Å². The van der Waals surface area contributed by atoms with Crippen molar-refractivity contribution in [1.82, 2.24) is 15.3 Å². The number of esters is 1. The molecule has 1 heterocycles. The summed E-state index contributed by atoms with van der Waals surface area (Å²) >= 11 is 0. The number of nitrogens with one attached hydrogen (secondary N) is 1. The standard InChI is InChI=1S/C36H36F7N3O6/c1-5-52-30(50)15-27(25-14-23(11-20(3)32(25)38)31-19(2)7-6-8-28(31)48)44-34(51)33(24-13-22(16-47)9-10-26(24)37)46(45-17-35(39,40)18-45)29(49)12-21(4)36(41,42)43/h6-14,27,33,47-48H,5,15-18H2,1-4H3,(H,44,51)/b21-12+/t27-,33?/m0/s1. The quantitative estimate of drug-likeness (QED) is 0.110. The van der Waals surface area contributed by atoms with Crippen molar-refractivity contribution in [2.75, 3.05) is 19.7 Å². The molecule has 4 rings (SSSR count). The van der Waals surface area contributed by atoms with Gasteiger partial charge in [-0.1, -0.05) is 18.2 Å². The van der Waals surface area contributed by atoms with Gasteiger partial charge in [0.2, 0.25) is 5.91 Å². The summed E-state index contributed by atoms with van der Waals surface area (Å²) in [4.78, 5) is 40.8. The minimum atomic E-state index is -5.04. The average molecular weight is 740 g/mol. The number of aliphatic hydroxyl groups excluding tert-OH is 1. The van der Waals surface area contributed by atoms with E-state index in [-0.39, 0.29) is 51.3 Å². The molecule has 1 saturated heterocycles. The molecule has 0 aromatic heterocycles. The van der Waals surface area contributed by atoms with Gasteiger partial charge in [-0.2, -0.15) is 13.2 Å². The van der Waals surface area contributed by atoms with E-state index in [4.69, 9.17) is 4.74 Å². The largest absolute Gasteiger partial charge is 0.507 e. The molecule has 0 radical (unpaired) electrons. The number of hydrogen-bond donors (Lipinski definition) is 3. The molecule has 0 saturated carbocycles. The maximum atomic E-state index is 16.0.